The largest absolute Gasteiger partial charge is 0.324 e. The Hall–Kier alpha value is -0.0400. The van der Waals surface area contributed by atoms with Crippen molar-refractivity contribution in [2.45, 2.75) is 233 Å². The zero-order valence-electron chi connectivity index (χ0n) is 29.4. The summed E-state index contributed by atoms with van der Waals surface area (Å²) in [6.45, 7) is 12.2. The van der Waals surface area contributed by atoms with Crippen LogP contribution in [0.3, 0.4) is 0 Å². The molecule has 1 nitrogen and oxygen atoms in total. The number of hydrogen-bond donors (Lipinski definition) is 0. The zero-order chi connectivity index (χ0) is 29.4. The Bertz CT molecular complexity index is 444. The molecule has 242 valence electrons. The molecule has 0 aromatic carbocycles. The van der Waals surface area contributed by atoms with Gasteiger partial charge in [-0.25, -0.2) is 0 Å². The number of rotatable bonds is 34. The number of nitrogens with zero attached hydrogens (tertiary/aromatic N) is 1. The van der Waals surface area contributed by atoms with Crippen LogP contribution in [0, 0.1) is 0 Å². The fourth-order valence-electron chi connectivity index (χ4n) is 6.96. The van der Waals surface area contributed by atoms with Gasteiger partial charge in [0.1, 0.15) is 0 Å². The molecule has 0 aliphatic rings. The summed E-state index contributed by atoms with van der Waals surface area (Å²) in [6.07, 6.45) is 45.1. The third-order valence-electron chi connectivity index (χ3n) is 9.96. The third-order valence-corrected chi connectivity index (χ3v) is 9.96. The molecule has 0 aromatic rings. The van der Waals surface area contributed by atoms with Crippen molar-refractivity contribution < 1.29 is 4.48 Å². The molecule has 0 spiro atoms. The highest BCUT2D eigenvalue weighted by molar-refractivity contribution is 4.64. The number of hydrogen-bond acceptors (Lipinski definition) is 0. The first-order chi connectivity index (χ1) is 19.6. The van der Waals surface area contributed by atoms with E-state index in [4.69, 9.17) is 0 Å². The van der Waals surface area contributed by atoms with E-state index in [9.17, 15) is 0 Å². The maximum absolute atomic E-state index is 2.70. The van der Waals surface area contributed by atoms with E-state index in [1.54, 1.807) is 0 Å². The summed E-state index contributed by atoms with van der Waals surface area (Å²) < 4.78 is 1.40. The third kappa shape index (κ3) is 25.7. The second-order valence-electron chi connectivity index (χ2n) is 14.0. The zero-order valence-corrected chi connectivity index (χ0v) is 29.4. The monoisotopic (exact) mass is 565 g/mol. The van der Waals surface area contributed by atoms with Crippen LogP contribution >= 0.6 is 0 Å². The Morgan fingerprint density at radius 3 is 0.800 bits per heavy atom. The van der Waals surface area contributed by atoms with Gasteiger partial charge < -0.3 is 4.48 Å². The van der Waals surface area contributed by atoms with Gasteiger partial charge in [0.2, 0.25) is 0 Å². The highest BCUT2D eigenvalue weighted by Crippen LogP contribution is 2.26. The molecule has 0 saturated carbocycles. The molecule has 0 rings (SSSR count). The van der Waals surface area contributed by atoms with E-state index < -0.39 is 0 Å². The SMILES string of the molecule is CCCCCCCCCCCCC[N+](C)(CCCCCCCC)C(CCCCCCCC)CCCCCCCC. The van der Waals surface area contributed by atoms with Gasteiger partial charge in [0, 0.05) is 0 Å². The van der Waals surface area contributed by atoms with Crippen molar-refractivity contribution in [1.82, 2.24) is 0 Å². The molecule has 1 heteroatoms. The first kappa shape index (κ1) is 40.0. The van der Waals surface area contributed by atoms with Crippen molar-refractivity contribution in [1.29, 1.82) is 0 Å². The molecule has 40 heavy (non-hydrogen) atoms. The first-order valence-electron chi connectivity index (χ1n) is 19.5. The van der Waals surface area contributed by atoms with Gasteiger partial charge in [0.25, 0.3) is 0 Å². The van der Waals surface area contributed by atoms with Gasteiger partial charge in [0.05, 0.1) is 26.2 Å². The van der Waals surface area contributed by atoms with Crippen LogP contribution in [0.25, 0.3) is 0 Å². The van der Waals surface area contributed by atoms with Crippen molar-refractivity contribution in [2.75, 3.05) is 20.1 Å². The summed E-state index contributed by atoms with van der Waals surface area (Å²) in [6, 6.07) is 0.913. The number of quaternary nitrogens is 1. The minimum absolute atomic E-state index is 0.913. The summed E-state index contributed by atoms with van der Waals surface area (Å²) in [4.78, 5) is 0. The number of unbranched alkanes of at least 4 members (excludes halogenated alkanes) is 25. The lowest BCUT2D eigenvalue weighted by atomic mass is 9.95. The Kier molecular flexibility index (Phi) is 31.9. The molecule has 0 bridgehead atoms. The lowest BCUT2D eigenvalue weighted by Gasteiger charge is -2.43. The fraction of sp³-hybridized carbons (Fsp3) is 1.00. The predicted octanol–water partition coefficient (Wildman–Crippen LogP) is 14.0. The standard InChI is InChI=1S/C39H82N/c1-6-10-14-18-22-23-24-25-26-30-34-38-40(5,37-33-29-21-17-13-9-4)39(35-31-27-19-15-11-7-2)36-32-28-20-16-12-8-3/h39H,6-38H2,1-5H3/q+1. The molecule has 0 heterocycles. The van der Waals surface area contributed by atoms with E-state index in [1.165, 1.54) is 217 Å². The molecule has 0 fully saturated rings. The fourth-order valence-corrected chi connectivity index (χ4v) is 6.96. The van der Waals surface area contributed by atoms with Crippen LogP contribution in [0.4, 0.5) is 0 Å². The molecule has 0 N–H and O–H groups in total. The Labute approximate surface area is 257 Å². The smallest absolute Gasteiger partial charge is 0.0888 e. The quantitative estimate of drug-likeness (QED) is 0.0538. The Morgan fingerprint density at radius 2 is 0.525 bits per heavy atom. The maximum atomic E-state index is 2.70. The Morgan fingerprint density at radius 1 is 0.300 bits per heavy atom. The maximum Gasteiger partial charge on any atom is 0.0888 e. The molecule has 0 saturated heterocycles. The minimum Gasteiger partial charge on any atom is -0.324 e. The highest BCUT2D eigenvalue weighted by Gasteiger charge is 2.31. The second kappa shape index (κ2) is 31.9. The van der Waals surface area contributed by atoms with Crippen molar-refractivity contribution in [3.63, 3.8) is 0 Å². The average Bonchev–Trinajstić information content (AvgIpc) is 2.96. The van der Waals surface area contributed by atoms with Gasteiger partial charge in [-0.3, -0.25) is 0 Å². The van der Waals surface area contributed by atoms with Crippen molar-refractivity contribution >= 4 is 0 Å². The lowest BCUT2D eigenvalue weighted by molar-refractivity contribution is -0.934. The van der Waals surface area contributed by atoms with Crippen LogP contribution < -0.4 is 0 Å². The molecular weight excluding hydrogens is 482 g/mol. The van der Waals surface area contributed by atoms with Crippen molar-refractivity contribution in [3.05, 3.63) is 0 Å². The molecule has 0 aliphatic carbocycles. The average molecular weight is 565 g/mol. The van der Waals surface area contributed by atoms with Gasteiger partial charge in [-0.15, -0.1) is 0 Å². The van der Waals surface area contributed by atoms with E-state index in [1.807, 2.05) is 0 Å². The second-order valence-corrected chi connectivity index (χ2v) is 14.0. The molecule has 1 atom stereocenters. The van der Waals surface area contributed by atoms with Crippen LogP contribution in [-0.4, -0.2) is 30.7 Å². The predicted molar refractivity (Wildman–Crippen MR) is 186 cm³/mol. The molecule has 0 radical (unpaired) electrons. The van der Waals surface area contributed by atoms with Gasteiger partial charge in [0.15, 0.2) is 0 Å². The van der Waals surface area contributed by atoms with Crippen molar-refractivity contribution in [2.24, 2.45) is 0 Å². The van der Waals surface area contributed by atoms with E-state index >= 15 is 0 Å². The summed E-state index contributed by atoms with van der Waals surface area (Å²) in [5.74, 6) is 0. The van der Waals surface area contributed by atoms with Gasteiger partial charge >= 0.3 is 0 Å². The minimum atomic E-state index is 0.913. The van der Waals surface area contributed by atoms with E-state index in [-0.39, 0.29) is 0 Å². The van der Waals surface area contributed by atoms with E-state index in [0.29, 0.717) is 0 Å². The van der Waals surface area contributed by atoms with Crippen LogP contribution in [0.1, 0.15) is 227 Å². The van der Waals surface area contributed by atoms with Crippen LogP contribution in [-0.2, 0) is 0 Å². The normalized spacial score (nSPS) is 13.3. The Balaban J connectivity index is 4.81. The first-order valence-corrected chi connectivity index (χ1v) is 19.5. The molecule has 0 amide bonds. The molecule has 1 unspecified atom stereocenters. The van der Waals surface area contributed by atoms with Crippen LogP contribution in [0.2, 0.25) is 0 Å². The summed E-state index contributed by atoms with van der Waals surface area (Å²) in [7, 11) is 2.70. The van der Waals surface area contributed by atoms with Gasteiger partial charge in [-0.1, -0.05) is 175 Å². The summed E-state index contributed by atoms with van der Waals surface area (Å²) in [5, 5.41) is 0. The van der Waals surface area contributed by atoms with Gasteiger partial charge in [-0.05, 0) is 51.4 Å². The van der Waals surface area contributed by atoms with Crippen molar-refractivity contribution in [3.8, 4) is 0 Å². The van der Waals surface area contributed by atoms with E-state index in [2.05, 4.69) is 34.7 Å². The molecule has 0 aliphatic heterocycles. The topological polar surface area (TPSA) is 0 Å². The molecular formula is C39H82N+. The van der Waals surface area contributed by atoms with Crippen LogP contribution in [0.5, 0.6) is 0 Å². The van der Waals surface area contributed by atoms with Crippen LogP contribution in [0.15, 0.2) is 0 Å². The molecule has 0 aromatic heterocycles. The van der Waals surface area contributed by atoms with Gasteiger partial charge in [-0.2, -0.15) is 0 Å². The van der Waals surface area contributed by atoms with E-state index in [0.717, 1.165) is 6.04 Å². The summed E-state index contributed by atoms with van der Waals surface area (Å²) >= 11 is 0. The summed E-state index contributed by atoms with van der Waals surface area (Å²) in [5.41, 5.74) is 0. The highest BCUT2D eigenvalue weighted by atomic mass is 15.4. The lowest BCUT2D eigenvalue weighted by Crippen LogP contribution is -2.53.